The third-order valence-corrected chi connectivity index (χ3v) is 5.95. The van der Waals surface area contributed by atoms with Crippen LogP contribution in [0.4, 0.5) is 0 Å². The van der Waals surface area contributed by atoms with Crippen LogP contribution in [-0.4, -0.2) is 0 Å². The van der Waals surface area contributed by atoms with Gasteiger partial charge in [-0.15, -0.1) is 0 Å². The zero-order chi connectivity index (χ0) is 19.4. The Bertz CT molecular complexity index is 1370. The topological polar surface area (TPSA) is 13.1 Å². The van der Waals surface area contributed by atoms with Crippen LogP contribution in [-0.2, 0) is 6.42 Å². The van der Waals surface area contributed by atoms with Crippen molar-refractivity contribution in [2.24, 2.45) is 0 Å². The molecule has 0 aliphatic heterocycles. The summed E-state index contributed by atoms with van der Waals surface area (Å²) in [5.41, 5.74) is 9.45. The summed E-state index contributed by atoms with van der Waals surface area (Å²) in [5.74, 6) is 0. The number of hydrogen-bond acceptors (Lipinski definition) is 1. The van der Waals surface area contributed by atoms with Gasteiger partial charge in [0.05, 0.1) is 0 Å². The van der Waals surface area contributed by atoms with E-state index in [-0.39, 0.29) is 0 Å². The molecule has 0 saturated carbocycles. The fourth-order valence-electron chi connectivity index (χ4n) is 4.67. The van der Waals surface area contributed by atoms with Gasteiger partial charge in [0.2, 0.25) is 0 Å². The Hall–Kier alpha value is -3.32. The molecule has 0 unspecified atom stereocenters. The number of rotatable bonds is 3. The minimum atomic E-state index is 0.905. The van der Waals surface area contributed by atoms with E-state index in [1.165, 1.54) is 49.6 Å². The summed E-state index contributed by atoms with van der Waals surface area (Å²) in [7, 11) is 0. The molecular formula is C27H22O. The van der Waals surface area contributed by atoms with Crippen LogP contribution in [0.25, 0.3) is 44.4 Å². The molecule has 0 N–H and O–H groups in total. The second-order valence-electron chi connectivity index (χ2n) is 7.42. The molecule has 5 rings (SSSR count). The average Bonchev–Trinajstić information content (AvgIpc) is 3.27. The molecule has 1 heteroatoms. The van der Waals surface area contributed by atoms with E-state index in [4.69, 9.17) is 4.42 Å². The summed E-state index contributed by atoms with van der Waals surface area (Å²) in [5, 5.41) is 4.79. The monoisotopic (exact) mass is 362 g/mol. The lowest BCUT2D eigenvalue weighted by atomic mass is 9.91. The number of fused-ring (bicyclic) bond motifs is 6. The fraction of sp³-hybridized carbons (Fsp3) is 0.111. The Labute approximate surface area is 165 Å². The molecule has 0 atom stereocenters. The lowest BCUT2D eigenvalue weighted by molar-refractivity contribution is 0.672. The summed E-state index contributed by atoms with van der Waals surface area (Å²) >= 11 is 0. The molecule has 4 aromatic rings. The van der Waals surface area contributed by atoms with Crippen molar-refractivity contribution < 1.29 is 4.42 Å². The predicted molar refractivity (Wildman–Crippen MR) is 122 cm³/mol. The van der Waals surface area contributed by atoms with Crippen LogP contribution >= 0.6 is 0 Å². The zero-order valence-electron chi connectivity index (χ0n) is 16.3. The van der Waals surface area contributed by atoms with Gasteiger partial charge in [-0.1, -0.05) is 55.7 Å². The lowest BCUT2D eigenvalue weighted by Crippen LogP contribution is -1.91. The SMILES string of the molecule is C=CC1=C(C=C)c2cc3c(cc2C1)c(/C=C\C)c(C)c1c2ccccc2oc31. The molecule has 1 nitrogen and oxygen atoms in total. The maximum atomic E-state index is 6.38. The van der Waals surface area contributed by atoms with E-state index >= 15 is 0 Å². The standard InChI is InChI=1S/C27H22O/c1-5-10-20-16(4)26-21-11-8-9-12-25(21)28-27(26)24-15-22-18(14-23(20)24)13-17(6-2)19(22)7-3/h5-12,14-15H,2-3,13H2,1,4H3/b10-5-. The highest BCUT2D eigenvalue weighted by Crippen LogP contribution is 2.43. The van der Waals surface area contributed by atoms with Gasteiger partial charge >= 0.3 is 0 Å². The molecule has 1 aliphatic carbocycles. The Kier molecular flexibility index (Phi) is 3.67. The van der Waals surface area contributed by atoms with E-state index < -0.39 is 0 Å². The van der Waals surface area contributed by atoms with Gasteiger partial charge in [-0.25, -0.2) is 0 Å². The molecule has 3 aromatic carbocycles. The Morgan fingerprint density at radius 1 is 1.00 bits per heavy atom. The predicted octanol–water partition coefficient (Wildman–Crippen LogP) is 7.76. The second-order valence-corrected chi connectivity index (χ2v) is 7.42. The second kappa shape index (κ2) is 6.10. The van der Waals surface area contributed by atoms with Crippen molar-refractivity contribution in [3.63, 3.8) is 0 Å². The molecule has 1 aromatic heterocycles. The Morgan fingerprint density at radius 3 is 2.57 bits per heavy atom. The van der Waals surface area contributed by atoms with Crippen molar-refractivity contribution in [1.82, 2.24) is 0 Å². The van der Waals surface area contributed by atoms with Gasteiger partial charge in [-0.05, 0) is 77.3 Å². The summed E-state index contributed by atoms with van der Waals surface area (Å²) in [6.45, 7) is 12.3. The van der Waals surface area contributed by atoms with Crippen molar-refractivity contribution in [3.05, 3.63) is 95.6 Å². The van der Waals surface area contributed by atoms with E-state index in [1.807, 2.05) is 24.3 Å². The van der Waals surface area contributed by atoms with Crippen LogP contribution in [0.5, 0.6) is 0 Å². The average molecular weight is 362 g/mol. The minimum absolute atomic E-state index is 0.905. The molecule has 0 bridgehead atoms. The largest absolute Gasteiger partial charge is 0.455 e. The van der Waals surface area contributed by atoms with Crippen LogP contribution in [0.1, 0.15) is 29.2 Å². The molecule has 0 radical (unpaired) electrons. The summed E-state index contributed by atoms with van der Waals surface area (Å²) in [6, 6.07) is 12.9. The molecule has 0 fully saturated rings. The van der Waals surface area contributed by atoms with Gasteiger partial charge in [0.15, 0.2) is 0 Å². The molecule has 0 spiro atoms. The highest BCUT2D eigenvalue weighted by Gasteiger charge is 2.22. The zero-order valence-corrected chi connectivity index (χ0v) is 16.3. The van der Waals surface area contributed by atoms with Crippen LogP contribution in [0.2, 0.25) is 0 Å². The number of allylic oxidation sites excluding steroid dienone is 5. The van der Waals surface area contributed by atoms with E-state index in [1.54, 1.807) is 0 Å². The molecule has 1 aliphatic rings. The van der Waals surface area contributed by atoms with Crippen molar-refractivity contribution in [2.75, 3.05) is 0 Å². The highest BCUT2D eigenvalue weighted by molar-refractivity contribution is 6.19. The van der Waals surface area contributed by atoms with Crippen LogP contribution < -0.4 is 0 Å². The molecule has 136 valence electrons. The Balaban J connectivity index is 2.01. The smallest absolute Gasteiger partial charge is 0.143 e. The first kappa shape index (κ1) is 16.8. The lowest BCUT2D eigenvalue weighted by Gasteiger charge is -2.12. The maximum absolute atomic E-state index is 6.38. The molecule has 0 amide bonds. The van der Waals surface area contributed by atoms with E-state index in [2.05, 4.69) is 63.4 Å². The minimum Gasteiger partial charge on any atom is -0.455 e. The summed E-state index contributed by atoms with van der Waals surface area (Å²) in [6.07, 6.45) is 9.15. The number of furan rings is 1. The van der Waals surface area contributed by atoms with Gasteiger partial charge in [0.25, 0.3) is 0 Å². The fourth-order valence-corrected chi connectivity index (χ4v) is 4.67. The van der Waals surface area contributed by atoms with Gasteiger partial charge in [0.1, 0.15) is 11.2 Å². The summed E-state index contributed by atoms with van der Waals surface area (Å²) in [4.78, 5) is 0. The van der Waals surface area contributed by atoms with Crippen molar-refractivity contribution >= 4 is 44.4 Å². The number of aryl methyl sites for hydroxylation is 1. The molecule has 28 heavy (non-hydrogen) atoms. The van der Waals surface area contributed by atoms with Gasteiger partial charge < -0.3 is 4.42 Å². The van der Waals surface area contributed by atoms with Crippen molar-refractivity contribution in [1.29, 1.82) is 0 Å². The third-order valence-electron chi connectivity index (χ3n) is 5.95. The van der Waals surface area contributed by atoms with Gasteiger partial charge in [-0.3, -0.25) is 0 Å². The maximum Gasteiger partial charge on any atom is 0.143 e. The quantitative estimate of drug-likeness (QED) is 0.363. The van der Waals surface area contributed by atoms with Crippen LogP contribution in [0.3, 0.4) is 0 Å². The van der Waals surface area contributed by atoms with Gasteiger partial charge in [0, 0.05) is 16.2 Å². The number of para-hydroxylation sites is 1. The van der Waals surface area contributed by atoms with Crippen molar-refractivity contribution in [3.8, 4) is 0 Å². The number of hydrogen-bond donors (Lipinski definition) is 0. The Morgan fingerprint density at radius 2 is 1.82 bits per heavy atom. The van der Waals surface area contributed by atoms with Crippen molar-refractivity contribution in [2.45, 2.75) is 20.3 Å². The normalized spacial score (nSPS) is 13.9. The first-order valence-corrected chi connectivity index (χ1v) is 9.69. The molecular weight excluding hydrogens is 340 g/mol. The van der Waals surface area contributed by atoms with E-state index in [0.29, 0.717) is 0 Å². The molecule has 0 saturated heterocycles. The third kappa shape index (κ3) is 2.13. The van der Waals surface area contributed by atoms with E-state index in [0.717, 1.165) is 23.0 Å². The first-order chi connectivity index (χ1) is 13.7. The summed E-state index contributed by atoms with van der Waals surface area (Å²) < 4.78 is 6.38. The van der Waals surface area contributed by atoms with E-state index in [9.17, 15) is 0 Å². The van der Waals surface area contributed by atoms with Crippen LogP contribution in [0, 0.1) is 6.92 Å². The molecule has 1 heterocycles. The highest BCUT2D eigenvalue weighted by atomic mass is 16.3. The van der Waals surface area contributed by atoms with Crippen LogP contribution in [0.15, 0.2) is 77.8 Å². The number of benzene rings is 3. The first-order valence-electron chi connectivity index (χ1n) is 9.69. The van der Waals surface area contributed by atoms with Gasteiger partial charge in [-0.2, -0.15) is 0 Å².